The van der Waals surface area contributed by atoms with Crippen LogP contribution in [0.5, 0.6) is 0 Å². The van der Waals surface area contributed by atoms with Crippen LogP contribution in [-0.2, 0) is 6.54 Å². The number of urea groups is 1. The highest BCUT2D eigenvalue weighted by Gasteiger charge is 2.29. The minimum Gasteiger partial charge on any atom is -0.333 e. The Morgan fingerprint density at radius 2 is 2.29 bits per heavy atom. The zero-order valence-corrected chi connectivity index (χ0v) is 14.3. The van der Waals surface area contributed by atoms with Gasteiger partial charge in [-0.15, -0.1) is 5.10 Å². The number of pyridine rings is 1. The van der Waals surface area contributed by atoms with Crippen molar-refractivity contribution in [1.82, 2.24) is 24.8 Å². The van der Waals surface area contributed by atoms with Gasteiger partial charge in [0.2, 0.25) is 0 Å². The number of aromatic nitrogens is 3. The second kappa shape index (κ2) is 7.48. The van der Waals surface area contributed by atoms with Gasteiger partial charge >= 0.3 is 6.03 Å². The number of ketones is 1. The van der Waals surface area contributed by atoms with Crippen molar-refractivity contribution in [2.75, 3.05) is 13.1 Å². The van der Waals surface area contributed by atoms with Crippen molar-refractivity contribution in [2.45, 2.75) is 26.3 Å². The molecule has 1 aliphatic heterocycles. The fraction of sp³-hybridized carbons (Fsp3) is 0.438. The Kier molecular flexibility index (Phi) is 5.14. The van der Waals surface area contributed by atoms with Crippen molar-refractivity contribution >= 4 is 23.3 Å². The van der Waals surface area contributed by atoms with Crippen LogP contribution in [-0.4, -0.2) is 44.4 Å². The van der Waals surface area contributed by atoms with Gasteiger partial charge in [0.1, 0.15) is 5.69 Å². The standard InChI is InChI=1S/C16H19N5O2S/c1-11-14(24-20-19-11)9-18-16(23)21-8-4-5-12(10-21)15(22)13-6-2-3-7-17-13/h2-3,6-7,12H,4-5,8-10H2,1H3,(H,18,23). The molecule has 3 heterocycles. The average molecular weight is 345 g/mol. The molecular weight excluding hydrogens is 326 g/mol. The van der Waals surface area contributed by atoms with E-state index >= 15 is 0 Å². The topological polar surface area (TPSA) is 88.1 Å². The predicted molar refractivity (Wildman–Crippen MR) is 89.7 cm³/mol. The summed E-state index contributed by atoms with van der Waals surface area (Å²) < 4.78 is 3.86. The lowest BCUT2D eigenvalue weighted by Crippen LogP contribution is -2.46. The second-order valence-electron chi connectivity index (χ2n) is 5.80. The summed E-state index contributed by atoms with van der Waals surface area (Å²) in [6, 6.07) is 5.16. The van der Waals surface area contributed by atoms with Crippen LogP contribution in [0.2, 0.25) is 0 Å². The molecule has 3 rings (SSSR count). The number of hydrogen-bond donors (Lipinski definition) is 1. The van der Waals surface area contributed by atoms with Gasteiger partial charge in [0, 0.05) is 25.2 Å². The number of carbonyl (C=O) groups is 2. The molecule has 8 heteroatoms. The third kappa shape index (κ3) is 3.76. The Hall–Kier alpha value is -2.35. The van der Waals surface area contributed by atoms with Gasteiger partial charge in [0.25, 0.3) is 0 Å². The number of nitrogens with one attached hydrogen (secondary N) is 1. The van der Waals surface area contributed by atoms with Gasteiger partial charge in [0.05, 0.1) is 17.1 Å². The van der Waals surface area contributed by atoms with Crippen molar-refractivity contribution in [2.24, 2.45) is 5.92 Å². The molecule has 0 bridgehead atoms. The first-order valence-corrected chi connectivity index (χ1v) is 8.68. The third-order valence-electron chi connectivity index (χ3n) is 4.14. The van der Waals surface area contributed by atoms with E-state index in [-0.39, 0.29) is 17.7 Å². The van der Waals surface area contributed by atoms with Crippen molar-refractivity contribution < 1.29 is 9.59 Å². The van der Waals surface area contributed by atoms with E-state index in [2.05, 4.69) is 19.9 Å². The maximum atomic E-state index is 12.5. The molecular formula is C16H19N5O2S. The van der Waals surface area contributed by atoms with E-state index in [1.807, 2.05) is 6.92 Å². The maximum Gasteiger partial charge on any atom is 0.317 e. The zero-order chi connectivity index (χ0) is 16.9. The second-order valence-corrected chi connectivity index (χ2v) is 6.64. The molecule has 24 heavy (non-hydrogen) atoms. The molecule has 2 amide bonds. The summed E-state index contributed by atoms with van der Waals surface area (Å²) in [4.78, 5) is 31.7. The van der Waals surface area contributed by atoms with Crippen LogP contribution in [0, 0.1) is 12.8 Å². The fourth-order valence-electron chi connectivity index (χ4n) is 2.77. The molecule has 1 unspecified atom stereocenters. The first-order valence-electron chi connectivity index (χ1n) is 7.91. The summed E-state index contributed by atoms with van der Waals surface area (Å²) >= 11 is 1.28. The molecule has 1 saturated heterocycles. The molecule has 2 aromatic rings. The number of amides is 2. The minimum atomic E-state index is -0.189. The number of Topliss-reactive ketones (excluding diaryl/α,β-unsaturated/α-hetero) is 1. The van der Waals surface area contributed by atoms with Crippen LogP contribution in [0.3, 0.4) is 0 Å². The maximum absolute atomic E-state index is 12.5. The van der Waals surface area contributed by atoms with Gasteiger partial charge in [-0.3, -0.25) is 9.78 Å². The van der Waals surface area contributed by atoms with E-state index in [0.29, 0.717) is 25.3 Å². The number of piperidine rings is 1. The lowest BCUT2D eigenvalue weighted by Gasteiger charge is -2.31. The van der Waals surface area contributed by atoms with Gasteiger partial charge in [-0.1, -0.05) is 10.6 Å². The van der Waals surface area contributed by atoms with Crippen LogP contribution >= 0.6 is 11.5 Å². The Balaban J connectivity index is 1.58. The molecule has 1 aliphatic rings. The van der Waals surface area contributed by atoms with Gasteiger partial charge in [-0.2, -0.15) is 0 Å². The highest BCUT2D eigenvalue weighted by atomic mass is 32.1. The van der Waals surface area contributed by atoms with E-state index in [1.54, 1.807) is 29.3 Å². The highest BCUT2D eigenvalue weighted by molar-refractivity contribution is 7.05. The third-order valence-corrected chi connectivity index (χ3v) is 4.97. The number of hydrogen-bond acceptors (Lipinski definition) is 6. The summed E-state index contributed by atoms with van der Waals surface area (Å²) in [6.07, 6.45) is 3.22. The Bertz CT molecular complexity index is 718. The SMILES string of the molecule is Cc1nnsc1CNC(=O)N1CCCC(C(=O)c2ccccn2)C1. The summed E-state index contributed by atoms with van der Waals surface area (Å²) in [6.45, 7) is 3.38. The molecule has 1 fully saturated rings. The van der Waals surface area contributed by atoms with Gasteiger partial charge in [-0.05, 0) is 43.4 Å². The van der Waals surface area contributed by atoms with Crippen molar-refractivity contribution in [3.05, 3.63) is 40.7 Å². The van der Waals surface area contributed by atoms with Crippen LogP contribution in [0.4, 0.5) is 4.79 Å². The summed E-state index contributed by atoms with van der Waals surface area (Å²) in [5.74, 6) is -0.179. The molecule has 1 atom stereocenters. The van der Waals surface area contributed by atoms with E-state index < -0.39 is 0 Å². The Morgan fingerprint density at radius 3 is 3.00 bits per heavy atom. The lowest BCUT2D eigenvalue weighted by atomic mass is 9.92. The van der Waals surface area contributed by atoms with Crippen LogP contribution in [0.25, 0.3) is 0 Å². The van der Waals surface area contributed by atoms with Gasteiger partial charge < -0.3 is 10.2 Å². The fourth-order valence-corrected chi connectivity index (χ4v) is 3.35. The Labute approximate surface area is 144 Å². The first kappa shape index (κ1) is 16.5. The largest absolute Gasteiger partial charge is 0.333 e. The predicted octanol–water partition coefficient (Wildman–Crippen LogP) is 2.05. The minimum absolute atomic E-state index is 0.00982. The normalized spacial score (nSPS) is 17.5. The van der Waals surface area contributed by atoms with E-state index in [4.69, 9.17) is 0 Å². The molecule has 0 aromatic carbocycles. The molecule has 2 aromatic heterocycles. The van der Waals surface area contributed by atoms with Crippen LogP contribution < -0.4 is 5.32 Å². The number of rotatable bonds is 4. The summed E-state index contributed by atoms with van der Waals surface area (Å²) in [5.41, 5.74) is 1.30. The number of nitrogens with zero attached hydrogens (tertiary/aromatic N) is 4. The molecule has 1 N–H and O–H groups in total. The van der Waals surface area contributed by atoms with E-state index in [1.165, 1.54) is 11.5 Å². The summed E-state index contributed by atoms with van der Waals surface area (Å²) in [5, 5.41) is 6.81. The van der Waals surface area contributed by atoms with Crippen LogP contribution in [0.15, 0.2) is 24.4 Å². The molecule has 126 valence electrons. The van der Waals surface area contributed by atoms with Crippen molar-refractivity contribution in [3.63, 3.8) is 0 Å². The smallest absolute Gasteiger partial charge is 0.317 e. The lowest BCUT2D eigenvalue weighted by molar-refractivity contribution is 0.0840. The van der Waals surface area contributed by atoms with Crippen molar-refractivity contribution in [1.29, 1.82) is 0 Å². The average Bonchev–Trinajstić information content (AvgIpc) is 3.05. The van der Waals surface area contributed by atoms with Gasteiger partial charge in [0.15, 0.2) is 5.78 Å². The quantitative estimate of drug-likeness (QED) is 0.857. The molecule has 0 spiro atoms. The number of aryl methyl sites for hydroxylation is 1. The summed E-state index contributed by atoms with van der Waals surface area (Å²) in [7, 11) is 0. The molecule has 0 aliphatic carbocycles. The van der Waals surface area contributed by atoms with Gasteiger partial charge in [-0.25, -0.2) is 4.79 Å². The van der Waals surface area contributed by atoms with E-state index in [0.717, 1.165) is 23.4 Å². The highest BCUT2D eigenvalue weighted by Crippen LogP contribution is 2.20. The van der Waals surface area contributed by atoms with Crippen molar-refractivity contribution in [3.8, 4) is 0 Å². The van der Waals surface area contributed by atoms with Crippen LogP contribution in [0.1, 0.15) is 33.9 Å². The first-order chi connectivity index (χ1) is 11.6. The zero-order valence-electron chi connectivity index (χ0n) is 13.4. The molecule has 0 saturated carbocycles. The number of likely N-dealkylation sites (tertiary alicyclic amines) is 1. The van der Waals surface area contributed by atoms with E-state index in [9.17, 15) is 9.59 Å². The molecule has 7 nitrogen and oxygen atoms in total. The Morgan fingerprint density at radius 1 is 1.42 bits per heavy atom. The monoisotopic (exact) mass is 345 g/mol. The molecule has 0 radical (unpaired) electrons. The number of carbonyl (C=O) groups excluding carboxylic acids is 2.